The van der Waals surface area contributed by atoms with E-state index >= 15 is 0 Å². The van der Waals surface area contributed by atoms with Crippen LogP contribution in [0.5, 0.6) is 0 Å². The third-order valence-electron chi connectivity index (χ3n) is 6.27. The molecular formula is C28H34ClN3O. The van der Waals surface area contributed by atoms with Crippen LogP contribution in [0.1, 0.15) is 24.8 Å². The third kappa shape index (κ3) is 7.62. The smallest absolute Gasteiger partial charge is 0.308 e. The highest BCUT2D eigenvalue weighted by Gasteiger charge is 2.20. The van der Waals surface area contributed by atoms with Gasteiger partial charge in [0.05, 0.1) is 0 Å². The first-order valence-corrected chi connectivity index (χ1v) is 11.7. The first kappa shape index (κ1) is 24.8. The van der Waals surface area contributed by atoms with Crippen molar-refractivity contribution in [2.24, 2.45) is 5.92 Å². The van der Waals surface area contributed by atoms with Crippen LogP contribution in [0, 0.1) is 5.92 Å². The molecule has 4 nitrogen and oxygen atoms in total. The number of nitrogens with zero attached hydrogens (tertiary/aromatic N) is 2. The van der Waals surface area contributed by atoms with Crippen molar-refractivity contribution in [3.63, 3.8) is 0 Å². The molecule has 1 aliphatic heterocycles. The molecule has 174 valence electrons. The number of urea groups is 1. The Morgan fingerprint density at radius 1 is 0.848 bits per heavy atom. The summed E-state index contributed by atoms with van der Waals surface area (Å²) in [5, 5.41) is 3.03. The maximum atomic E-state index is 13.0. The van der Waals surface area contributed by atoms with Crippen LogP contribution in [-0.4, -0.2) is 37.1 Å². The van der Waals surface area contributed by atoms with Crippen LogP contribution in [0.2, 0.25) is 0 Å². The van der Waals surface area contributed by atoms with Crippen LogP contribution in [0.4, 0.5) is 16.2 Å². The number of halogens is 1. The van der Waals surface area contributed by atoms with Crippen molar-refractivity contribution in [1.82, 2.24) is 4.90 Å². The zero-order valence-corrected chi connectivity index (χ0v) is 19.9. The lowest BCUT2D eigenvalue weighted by atomic mass is 9.90. The Balaban J connectivity index is 0.00000306. The van der Waals surface area contributed by atoms with Crippen molar-refractivity contribution in [2.75, 3.05) is 36.4 Å². The molecule has 0 unspecified atom stereocenters. The van der Waals surface area contributed by atoms with Gasteiger partial charge in [-0.3, -0.25) is 4.90 Å². The number of rotatable bonds is 8. The fourth-order valence-electron chi connectivity index (χ4n) is 4.48. The molecule has 0 aliphatic carbocycles. The zero-order valence-electron chi connectivity index (χ0n) is 19.1. The predicted molar refractivity (Wildman–Crippen MR) is 140 cm³/mol. The van der Waals surface area contributed by atoms with Gasteiger partial charge in [0.15, 0.2) is 0 Å². The van der Waals surface area contributed by atoms with Crippen molar-refractivity contribution in [3.05, 3.63) is 96.6 Å². The summed E-state index contributed by atoms with van der Waals surface area (Å²) in [6.07, 6.45) is 4.66. The van der Waals surface area contributed by atoms with E-state index in [-0.39, 0.29) is 18.4 Å². The van der Waals surface area contributed by atoms with E-state index < -0.39 is 0 Å². The van der Waals surface area contributed by atoms with Gasteiger partial charge in [-0.15, -0.1) is 12.4 Å². The van der Waals surface area contributed by atoms with E-state index in [9.17, 15) is 4.79 Å². The van der Waals surface area contributed by atoms with Crippen LogP contribution < -0.4 is 10.2 Å². The molecule has 4 rings (SSSR count). The van der Waals surface area contributed by atoms with Crippen molar-refractivity contribution in [2.45, 2.75) is 25.7 Å². The second-order valence-corrected chi connectivity index (χ2v) is 8.61. The first-order chi connectivity index (χ1) is 15.8. The number of likely N-dealkylation sites (tertiary alicyclic amines) is 1. The fraction of sp³-hybridized carbons (Fsp3) is 0.321. The second kappa shape index (κ2) is 13.0. The summed E-state index contributed by atoms with van der Waals surface area (Å²) in [5.74, 6) is 0.783. The van der Waals surface area contributed by atoms with Gasteiger partial charge in [0.1, 0.15) is 0 Å². The minimum Gasteiger partial charge on any atom is -0.308 e. The summed E-state index contributed by atoms with van der Waals surface area (Å²) in [4.78, 5) is 17.4. The molecule has 3 aromatic rings. The van der Waals surface area contributed by atoms with Gasteiger partial charge >= 0.3 is 6.03 Å². The highest BCUT2D eigenvalue weighted by atomic mass is 35.5. The van der Waals surface area contributed by atoms with E-state index in [1.165, 1.54) is 24.8 Å². The lowest BCUT2D eigenvalue weighted by molar-refractivity contribution is 0.183. The van der Waals surface area contributed by atoms with E-state index in [0.29, 0.717) is 6.54 Å². The van der Waals surface area contributed by atoms with Gasteiger partial charge in [-0.1, -0.05) is 66.7 Å². The molecular weight excluding hydrogens is 430 g/mol. The maximum Gasteiger partial charge on any atom is 0.326 e. The number of anilines is 2. The zero-order chi connectivity index (χ0) is 22.0. The molecule has 0 saturated carbocycles. The van der Waals surface area contributed by atoms with Crippen molar-refractivity contribution >= 4 is 29.8 Å². The molecule has 3 aromatic carbocycles. The largest absolute Gasteiger partial charge is 0.326 e. The van der Waals surface area contributed by atoms with E-state index in [1.807, 2.05) is 65.6 Å². The number of para-hydroxylation sites is 2. The van der Waals surface area contributed by atoms with Gasteiger partial charge in [0, 0.05) is 17.9 Å². The number of benzene rings is 3. The topological polar surface area (TPSA) is 35.6 Å². The summed E-state index contributed by atoms with van der Waals surface area (Å²) in [5.41, 5.74) is 3.20. The fourth-order valence-corrected chi connectivity index (χ4v) is 4.48. The molecule has 1 saturated heterocycles. The minimum absolute atomic E-state index is 0. The number of hydrogen-bond donors (Lipinski definition) is 1. The van der Waals surface area contributed by atoms with E-state index in [2.05, 4.69) is 40.5 Å². The van der Waals surface area contributed by atoms with Gasteiger partial charge in [-0.25, -0.2) is 4.79 Å². The lowest BCUT2D eigenvalue weighted by Crippen LogP contribution is -2.39. The second-order valence-electron chi connectivity index (χ2n) is 8.61. The first-order valence-electron chi connectivity index (χ1n) is 11.7. The maximum absolute atomic E-state index is 13.0. The summed E-state index contributed by atoms with van der Waals surface area (Å²) in [7, 11) is 0. The molecule has 0 atom stereocenters. The van der Waals surface area contributed by atoms with Crippen LogP contribution in [0.3, 0.4) is 0 Å². The molecule has 2 amide bonds. The molecule has 0 spiro atoms. The normalized spacial score (nSPS) is 14.3. The number of amides is 2. The number of hydrogen-bond acceptors (Lipinski definition) is 2. The van der Waals surface area contributed by atoms with Gasteiger partial charge in [-0.2, -0.15) is 0 Å². The van der Waals surface area contributed by atoms with Crippen molar-refractivity contribution in [1.29, 1.82) is 0 Å². The van der Waals surface area contributed by atoms with E-state index in [4.69, 9.17) is 0 Å². The monoisotopic (exact) mass is 463 g/mol. The van der Waals surface area contributed by atoms with Gasteiger partial charge in [-0.05, 0) is 81.1 Å². The number of carbonyl (C=O) groups excluding carboxylic acids is 1. The molecule has 1 heterocycles. The molecule has 5 heteroatoms. The van der Waals surface area contributed by atoms with Gasteiger partial charge in [0.2, 0.25) is 0 Å². The van der Waals surface area contributed by atoms with E-state index in [0.717, 1.165) is 43.3 Å². The standard InChI is InChI=1S/C28H33N3O.ClH/c32-28(29-26-13-6-2-7-14-26)31(27-15-8-3-9-16-27)20-10-19-30-21-17-25(18-22-30)23-24-11-4-1-5-12-24;/h1-9,11-16,25H,10,17-23H2,(H,29,32);1H. The van der Waals surface area contributed by atoms with Crippen molar-refractivity contribution in [3.8, 4) is 0 Å². The molecule has 1 N–H and O–H groups in total. The third-order valence-corrected chi connectivity index (χ3v) is 6.27. The highest BCUT2D eigenvalue weighted by Crippen LogP contribution is 2.22. The summed E-state index contributed by atoms with van der Waals surface area (Å²) >= 11 is 0. The summed E-state index contributed by atoms with van der Waals surface area (Å²) in [6, 6.07) is 30.4. The molecule has 0 radical (unpaired) electrons. The Kier molecular flexibility index (Phi) is 9.79. The number of carbonyl (C=O) groups is 1. The summed E-state index contributed by atoms with van der Waals surface area (Å²) < 4.78 is 0. The van der Waals surface area contributed by atoms with Gasteiger partial charge in [0.25, 0.3) is 0 Å². The average Bonchev–Trinajstić information content (AvgIpc) is 2.85. The molecule has 33 heavy (non-hydrogen) atoms. The lowest BCUT2D eigenvalue weighted by Gasteiger charge is -2.32. The Labute approximate surface area is 204 Å². The SMILES string of the molecule is Cl.O=C(Nc1ccccc1)N(CCCN1CCC(Cc2ccccc2)CC1)c1ccccc1. The highest BCUT2D eigenvalue weighted by molar-refractivity contribution is 6.01. The average molecular weight is 464 g/mol. The summed E-state index contributed by atoms with van der Waals surface area (Å²) in [6.45, 7) is 4.03. The Morgan fingerprint density at radius 2 is 1.42 bits per heavy atom. The van der Waals surface area contributed by atoms with Crippen LogP contribution in [0.15, 0.2) is 91.0 Å². The molecule has 1 aliphatic rings. The van der Waals surface area contributed by atoms with Crippen LogP contribution in [0.25, 0.3) is 0 Å². The molecule has 0 aromatic heterocycles. The van der Waals surface area contributed by atoms with Crippen LogP contribution in [-0.2, 0) is 6.42 Å². The van der Waals surface area contributed by atoms with E-state index in [1.54, 1.807) is 0 Å². The molecule has 1 fully saturated rings. The molecule has 0 bridgehead atoms. The Morgan fingerprint density at radius 3 is 2.06 bits per heavy atom. The quantitative estimate of drug-likeness (QED) is 0.414. The predicted octanol–water partition coefficient (Wildman–Crippen LogP) is 6.49. The Bertz CT molecular complexity index is 945. The van der Waals surface area contributed by atoms with Crippen LogP contribution >= 0.6 is 12.4 Å². The minimum atomic E-state index is -0.0797. The number of piperidine rings is 1. The van der Waals surface area contributed by atoms with Gasteiger partial charge < -0.3 is 10.2 Å². The van der Waals surface area contributed by atoms with Crippen molar-refractivity contribution < 1.29 is 4.79 Å². The number of nitrogens with one attached hydrogen (secondary N) is 1. The Hall–Kier alpha value is -2.82.